The molecule has 0 aliphatic carbocycles. The lowest BCUT2D eigenvalue weighted by atomic mass is 10.00. The van der Waals surface area contributed by atoms with E-state index >= 15 is 0 Å². The number of nitrogens with one attached hydrogen (secondary N) is 3. The minimum Gasteiger partial charge on any atom is -0.508 e. The summed E-state index contributed by atoms with van der Waals surface area (Å²) >= 11 is 0. The number of benzene rings is 1. The van der Waals surface area contributed by atoms with Crippen LogP contribution in [0.4, 0.5) is 0 Å². The summed E-state index contributed by atoms with van der Waals surface area (Å²) in [5.41, 5.74) is 6.02. The third kappa shape index (κ3) is 10.9. The first-order chi connectivity index (χ1) is 17.2. The van der Waals surface area contributed by atoms with E-state index in [2.05, 4.69) is 16.0 Å². The lowest BCUT2D eigenvalue weighted by Crippen LogP contribution is -2.58. The molecule has 1 aromatic carbocycles. The van der Waals surface area contributed by atoms with Crippen molar-refractivity contribution >= 4 is 35.6 Å². The van der Waals surface area contributed by atoms with Gasteiger partial charge in [-0.3, -0.25) is 24.0 Å². The number of carbonyl (C=O) groups excluding carboxylic acids is 3. The molecular formula is C23H32N4O10. The van der Waals surface area contributed by atoms with Crippen LogP contribution in [0.2, 0.25) is 0 Å². The van der Waals surface area contributed by atoms with Gasteiger partial charge in [0.15, 0.2) is 0 Å². The number of hydrogen-bond donors (Lipinski definition) is 8. The number of nitrogens with two attached hydrogens (primary N) is 1. The Labute approximate surface area is 212 Å². The van der Waals surface area contributed by atoms with Crippen LogP contribution >= 0.6 is 0 Å². The zero-order chi connectivity index (χ0) is 28.3. The summed E-state index contributed by atoms with van der Waals surface area (Å²) < 4.78 is 0. The number of aromatic hydroxyl groups is 1. The van der Waals surface area contributed by atoms with Crippen LogP contribution in [0.1, 0.15) is 38.7 Å². The molecular weight excluding hydrogens is 492 g/mol. The number of hydrogen-bond acceptors (Lipinski definition) is 8. The molecule has 204 valence electrons. The molecule has 0 bridgehead atoms. The van der Waals surface area contributed by atoms with E-state index in [4.69, 9.17) is 15.9 Å². The summed E-state index contributed by atoms with van der Waals surface area (Å²) in [6, 6.07) is 0.122. The molecule has 0 saturated carbocycles. The average molecular weight is 525 g/mol. The van der Waals surface area contributed by atoms with Gasteiger partial charge in [0.25, 0.3) is 0 Å². The summed E-state index contributed by atoms with van der Waals surface area (Å²) in [4.78, 5) is 71.6. The molecule has 3 amide bonds. The summed E-state index contributed by atoms with van der Waals surface area (Å²) in [7, 11) is 0. The maximum absolute atomic E-state index is 12.9. The Hall–Kier alpha value is -4.20. The Balaban J connectivity index is 3.00. The minimum absolute atomic E-state index is 0.0179. The van der Waals surface area contributed by atoms with Gasteiger partial charge in [-0.15, -0.1) is 0 Å². The second-order valence-corrected chi connectivity index (χ2v) is 8.70. The summed E-state index contributed by atoms with van der Waals surface area (Å²) in [5, 5.41) is 43.7. The molecule has 0 fully saturated rings. The number of phenols is 1. The van der Waals surface area contributed by atoms with E-state index in [1.54, 1.807) is 13.8 Å². The smallest absolute Gasteiger partial charge is 0.326 e. The predicted octanol–water partition coefficient (Wildman–Crippen LogP) is -1.20. The van der Waals surface area contributed by atoms with Gasteiger partial charge in [-0.1, -0.05) is 26.0 Å². The van der Waals surface area contributed by atoms with Crippen molar-refractivity contribution in [3.05, 3.63) is 29.8 Å². The normalized spacial score (nSPS) is 14.1. The molecule has 9 N–H and O–H groups in total. The number of amides is 3. The molecule has 0 spiro atoms. The molecule has 0 radical (unpaired) electrons. The Morgan fingerprint density at radius 1 is 0.811 bits per heavy atom. The quantitative estimate of drug-likeness (QED) is 0.135. The fourth-order valence-corrected chi connectivity index (χ4v) is 3.21. The first-order valence-corrected chi connectivity index (χ1v) is 11.3. The highest BCUT2D eigenvalue weighted by molar-refractivity contribution is 5.95. The van der Waals surface area contributed by atoms with Crippen molar-refractivity contribution in [2.24, 2.45) is 11.7 Å². The average Bonchev–Trinajstić information content (AvgIpc) is 2.79. The number of phenolic OH excluding ortho intramolecular Hbond substituents is 1. The van der Waals surface area contributed by atoms with Crippen LogP contribution in [0.25, 0.3) is 0 Å². The zero-order valence-corrected chi connectivity index (χ0v) is 20.3. The van der Waals surface area contributed by atoms with E-state index < -0.39 is 78.6 Å². The van der Waals surface area contributed by atoms with Gasteiger partial charge in [0.05, 0.1) is 12.5 Å². The Morgan fingerprint density at radius 3 is 1.86 bits per heavy atom. The third-order valence-corrected chi connectivity index (χ3v) is 5.25. The van der Waals surface area contributed by atoms with Gasteiger partial charge in [0, 0.05) is 12.8 Å². The van der Waals surface area contributed by atoms with Gasteiger partial charge in [-0.25, -0.2) is 4.79 Å². The van der Waals surface area contributed by atoms with Gasteiger partial charge in [0.2, 0.25) is 17.7 Å². The standard InChI is InChI=1S/C23H32N4O10/c1-11(2)19(22(35)26-16(23(36)37)9-12-3-5-13(28)6-4-12)27-21(34)15(7-8-17(29)30)25-20(33)14(24)10-18(31)32/h3-6,11,14-16,19,28H,7-10,24H2,1-2H3,(H,25,33)(H,26,35)(H,27,34)(H,29,30)(H,31,32)(H,36,37). The molecule has 0 aliphatic rings. The molecule has 0 heterocycles. The Bertz CT molecular complexity index is 996. The second kappa shape index (κ2) is 14.4. The number of carbonyl (C=O) groups is 6. The van der Waals surface area contributed by atoms with Gasteiger partial charge in [-0.05, 0) is 30.0 Å². The Morgan fingerprint density at radius 2 is 1.38 bits per heavy atom. The van der Waals surface area contributed by atoms with Gasteiger partial charge < -0.3 is 42.1 Å². The number of carboxylic acid groups (broad SMARTS) is 3. The molecule has 4 unspecified atom stereocenters. The number of aliphatic carboxylic acids is 3. The highest BCUT2D eigenvalue weighted by Crippen LogP contribution is 2.12. The fraction of sp³-hybridized carbons (Fsp3) is 0.478. The third-order valence-electron chi connectivity index (χ3n) is 5.25. The SMILES string of the molecule is CC(C)C(NC(=O)C(CCC(=O)O)NC(=O)C(N)CC(=O)O)C(=O)NC(Cc1ccc(O)cc1)C(=O)O. The van der Waals surface area contributed by atoms with E-state index in [0.29, 0.717) is 5.56 Å². The summed E-state index contributed by atoms with van der Waals surface area (Å²) in [6.07, 6.45) is -1.75. The van der Waals surface area contributed by atoms with Gasteiger partial charge in [-0.2, -0.15) is 0 Å². The highest BCUT2D eigenvalue weighted by Gasteiger charge is 2.32. The van der Waals surface area contributed by atoms with E-state index in [-0.39, 0.29) is 18.6 Å². The van der Waals surface area contributed by atoms with Crippen LogP contribution in [0.15, 0.2) is 24.3 Å². The first kappa shape index (κ1) is 30.8. The predicted molar refractivity (Wildman–Crippen MR) is 127 cm³/mol. The molecule has 4 atom stereocenters. The maximum atomic E-state index is 12.9. The van der Waals surface area contributed by atoms with Crippen molar-refractivity contribution in [2.45, 2.75) is 63.7 Å². The van der Waals surface area contributed by atoms with Crippen LogP contribution in [-0.4, -0.2) is 80.2 Å². The molecule has 0 aliphatic heterocycles. The van der Waals surface area contributed by atoms with Crippen LogP contribution in [-0.2, 0) is 35.2 Å². The molecule has 1 rings (SSSR count). The van der Waals surface area contributed by atoms with Crippen LogP contribution in [0.5, 0.6) is 5.75 Å². The van der Waals surface area contributed by atoms with E-state index in [9.17, 15) is 39.0 Å². The van der Waals surface area contributed by atoms with Crippen molar-refractivity contribution in [3.63, 3.8) is 0 Å². The topological polar surface area (TPSA) is 245 Å². The molecule has 14 nitrogen and oxygen atoms in total. The van der Waals surface area contributed by atoms with Crippen molar-refractivity contribution < 1.29 is 49.2 Å². The summed E-state index contributed by atoms with van der Waals surface area (Å²) in [5.74, 6) is -7.29. The molecule has 14 heteroatoms. The van der Waals surface area contributed by atoms with E-state index in [1.165, 1.54) is 24.3 Å². The maximum Gasteiger partial charge on any atom is 0.326 e. The lowest BCUT2D eigenvalue weighted by molar-refractivity contribution is -0.142. The zero-order valence-electron chi connectivity index (χ0n) is 20.3. The molecule has 0 saturated heterocycles. The highest BCUT2D eigenvalue weighted by atomic mass is 16.4. The van der Waals surface area contributed by atoms with Crippen molar-refractivity contribution in [1.82, 2.24) is 16.0 Å². The second-order valence-electron chi connectivity index (χ2n) is 8.70. The number of carboxylic acids is 3. The first-order valence-electron chi connectivity index (χ1n) is 11.3. The largest absolute Gasteiger partial charge is 0.508 e. The van der Waals surface area contributed by atoms with Crippen molar-refractivity contribution in [2.75, 3.05) is 0 Å². The van der Waals surface area contributed by atoms with Gasteiger partial charge >= 0.3 is 17.9 Å². The van der Waals surface area contributed by atoms with Crippen LogP contribution < -0.4 is 21.7 Å². The number of rotatable bonds is 15. The van der Waals surface area contributed by atoms with Crippen LogP contribution in [0.3, 0.4) is 0 Å². The fourth-order valence-electron chi connectivity index (χ4n) is 3.21. The van der Waals surface area contributed by atoms with E-state index in [0.717, 1.165) is 0 Å². The minimum atomic E-state index is -1.50. The Kier molecular flexibility index (Phi) is 12.0. The van der Waals surface area contributed by atoms with Crippen LogP contribution in [0, 0.1) is 5.92 Å². The molecule has 0 aromatic heterocycles. The molecule has 37 heavy (non-hydrogen) atoms. The lowest BCUT2D eigenvalue weighted by Gasteiger charge is -2.27. The monoisotopic (exact) mass is 524 g/mol. The van der Waals surface area contributed by atoms with E-state index in [1.807, 2.05) is 0 Å². The summed E-state index contributed by atoms with van der Waals surface area (Å²) in [6.45, 7) is 3.15. The van der Waals surface area contributed by atoms with Crippen molar-refractivity contribution in [3.8, 4) is 5.75 Å². The molecule has 1 aromatic rings. The van der Waals surface area contributed by atoms with Crippen molar-refractivity contribution in [1.29, 1.82) is 0 Å². The van der Waals surface area contributed by atoms with Gasteiger partial charge in [0.1, 0.15) is 23.9 Å².